The van der Waals surface area contributed by atoms with Crippen molar-refractivity contribution in [3.8, 4) is 5.88 Å². The van der Waals surface area contributed by atoms with Crippen LogP contribution in [0.2, 0.25) is 5.15 Å². The Morgan fingerprint density at radius 1 is 1.75 bits per heavy atom. The number of halogens is 1. The van der Waals surface area contributed by atoms with E-state index in [9.17, 15) is 4.79 Å². The zero-order valence-electron chi connectivity index (χ0n) is 8.94. The predicted molar refractivity (Wildman–Crippen MR) is 58.0 cm³/mol. The molecule has 0 aliphatic carbocycles. The summed E-state index contributed by atoms with van der Waals surface area (Å²) in [6, 6.07) is 0. The van der Waals surface area contributed by atoms with Gasteiger partial charge in [0.05, 0.1) is 18.6 Å². The van der Waals surface area contributed by atoms with Crippen LogP contribution >= 0.6 is 11.6 Å². The molecule has 0 radical (unpaired) electrons. The number of aliphatic carboxylic acids is 1. The van der Waals surface area contributed by atoms with Crippen LogP contribution in [0.3, 0.4) is 0 Å². The van der Waals surface area contributed by atoms with Gasteiger partial charge in [-0.1, -0.05) is 18.5 Å². The topological polar surface area (TPSA) is 64.3 Å². The summed E-state index contributed by atoms with van der Waals surface area (Å²) in [6.07, 6.45) is 0.930. The van der Waals surface area contributed by atoms with Crippen molar-refractivity contribution in [1.82, 2.24) is 9.78 Å². The van der Waals surface area contributed by atoms with E-state index in [2.05, 4.69) is 5.10 Å². The van der Waals surface area contributed by atoms with Crippen LogP contribution in [0, 0.1) is 0 Å². The number of carboxylic acids is 1. The van der Waals surface area contributed by atoms with Crippen LogP contribution in [0.1, 0.15) is 31.2 Å². The summed E-state index contributed by atoms with van der Waals surface area (Å²) in [6.45, 7) is 3.22. The number of fused-ring (bicyclic) bond motifs is 1. The summed E-state index contributed by atoms with van der Waals surface area (Å²) >= 11 is 6.01. The van der Waals surface area contributed by atoms with Crippen LogP contribution < -0.4 is 4.74 Å². The van der Waals surface area contributed by atoms with Gasteiger partial charge >= 0.3 is 5.97 Å². The van der Waals surface area contributed by atoms with Crippen molar-refractivity contribution in [2.45, 2.75) is 32.2 Å². The maximum Gasteiger partial charge on any atom is 0.303 e. The lowest BCUT2D eigenvalue weighted by atomic mass is 10.0. The molecule has 1 unspecified atom stereocenters. The number of rotatable bonds is 3. The third kappa shape index (κ3) is 2.00. The van der Waals surface area contributed by atoms with Crippen LogP contribution in [0.4, 0.5) is 0 Å². The zero-order chi connectivity index (χ0) is 11.7. The number of hydrogen-bond donors (Lipinski definition) is 1. The second-order valence-corrected chi connectivity index (χ2v) is 4.29. The number of nitrogens with zero attached hydrogens (tertiary/aromatic N) is 2. The first-order valence-electron chi connectivity index (χ1n) is 5.20. The van der Waals surface area contributed by atoms with Crippen molar-refractivity contribution in [3.63, 3.8) is 0 Å². The second kappa shape index (κ2) is 4.33. The van der Waals surface area contributed by atoms with Gasteiger partial charge in [-0.05, 0) is 5.92 Å². The Kier molecular flexibility index (Phi) is 3.05. The molecule has 0 spiro atoms. The predicted octanol–water partition coefficient (Wildman–Crippen LogP) is 1.90. The molecule has 88 valence electrons. The maximum atomic E-state index is 10.7. The normalized spacial score (nSPS) is 16.4. The number of carbonyl (C=O) groups is 1. The minimum Gasteiger partial charge on any atom is -0.481 e. The van der Waals surface area contributed by atoms with E-state index in [1.807, 2.05) is 6.92 Å². The first kappa shape index (κ1) is 11.3. The lowest BCUT2D eigenvalue weighted by Gasteiger charge is -2.17. The van der Waals surface area contributed by atoms with Crippen molar-refractivity contribution >= 4 is 17.6 Å². The average molecular weight is 245 g/mol. The number of hydrogen-bond acceptors (Lipinski definition) is 3. The molecule has 1 aliphatic rings. The Hall–Kier alpha value is -1.23. The summed E-state index contributed by atoms with van der Waals surface area (Å²) in [5.41, 5.74) is 0.712. The standard InChI is InChI=1S/C10H13ClN2O3/c1-6(5-7(14)15)8-9(11)12-13-3-2-4-16-10(8)13/h6H,2-5H2,1H3,(H,14,15). The fraction of sp³-hybridized carbons (Fsp3) is 0.600. The van der Waals surface area contributed by atoms with E-state index in [4.69, 9.17) is 21.4 Å². The highest BCUT2D eigenvalue weighted by Crippen LogP contribution is 2.36. The summed E-state index contributed by atoms with van der Waals surface area (Å²) < 4.78 is 7.21. The van der Waals surface area contributed by atoms with E-state index in [-0.39, 0.29) is 12.3 Å². The molecule has 0 fully saturated rings. The van der Waals surface area contributed by atoms with Gasteiger partial charge in [-0.3, -0.25) is 4.79 Å². The van der Waals surface area contributed by atoms with E-state index in [1.54, 1.807) is 4.68 Å². The van der Waals surface area contributed by atoms with E-state index < -0.39 is 5.97 Å². The number of ether oxygens (including phenoxy) is 1. The van der Waals surface area contributed by atoms with Gasteiger partial charge in [0.15, 0.2) is 5.15 Å². The van der Waals surface area contributed by atoms with Crippen LogP contribution in [-0.4, -0.2) is 27.5 Å². The monoisotopic (exact) mass is 244 g/mol. The number of aryl methyl sites for hydroxylation is 1. The molecule has 2 heterocycles. The zero-order valence-corrected chi connectivity index (χ0v) is 9.70. The van der Waals surface area contributed by atoms with Crippen molar-refractivity contribution in [1.29, 1.82) is 0 Å². The minimum absolute atomic E-state index is 0.0295. The van der Waals surface area contributed by atoms with Gasteiger partial charge < -0.3 is 9.84 Å². The second-order valence-electron chi connectivity index (χ2n) is 3.93. The third-order valence-electron chi connectivity index (χ3n) is 2.62. The lowest BCUT2D eigenvalue weighted by molar-refractivity contribution is -0.137. The summed E-state index contributed by atoms with van der Waals surface area (Å²) in [5.74, 6) is -0.406. The molecule has 5 nitrogen and oxygen atoms in total. The largest absolute Gasteiger partial charge is 0.481 e. The quantitative estimate of drug-likeness (QED) is 0.882. The molecule has 0 bridgehead atoms. The molecule has 0 saturated heterocycles. The van der Waals surface area contributed by atoms with Gasteiger partial charge in [0.25, 0.3) is 0 Å². The Balaban J connectivity index is 2.32. The highest BCUT2D eigenvalue weighted by Gasteiger charge is 2.26. The fourth-order valence-corrected chi connectivity index (χ4v) is 2.26. The molecule has 1 atom stereocenters. The molecule has 0 aromatic carbocycles. The number of carboxylic acid groups (broad SMARTS) is 1. The molecule has 1 aromatic heterocycles. The summed E-state index contributed by atoms with van der Waals surface area (Å²) in [7, 11) is 0. The van der Waals surface area contributed by atoms with Crippen LogP contribution in [0.15, 0.2) is 0 Å². The molecule has 1 aromatic rings. The Morgan fingerprint density at radius 3 is 3.19 bits per heavy atom. The highest BCUT2D eigenvalue weighted by atomic mass is 35.5. The van der Waals surface area contributed by atoms with E-state index in [0.29, 0.717) is 23.2 Å². The van der Waals surface area contributed by atoms with Gasteiger partial charge in [0.1, 0.15) is 0 Å². The van der Waals surface area contributed by atoms with Gasteiger partial charge in [-0.2, -0.15) is 5.10 Å². The van der Waals surface area contributed by atoms with E-state index >= 15 is 0 Å². The first-order chi connectivity index (χ1) is 7.59. The lowest BCUT2D eigenvalue weighted by Crippen LogP contribution is -2.16. The van der Waals surface area contributed by atoms with Crippen molar-refractivity contribution < 1.29 is 14.6 Å². The van der Waals surface area contributed by atoms with Crippen molar-refractivity contribution in [2.24, 2.45) is 0 Å². The Labute approximate surface area is 98.0 Å². The van der Waals surface area contributed by atoms with Crippen LogP contribution in [0.5, 0.6) is 5.88 Å². The average Bonchev–Trinajstić information content (AvgIpc) is 2.52. The summed E-state index contributed by atoms with van der Waals surface area (Å²) in [5, 5.41) is 13.3. The number of aromatic nitrogens is 2. The molecule has 2 rings (SSSR count). The Bertz CT molecular complexity index is 416. The SMILES string of the molecule is CC(CC(=O)O)c1c(Cl)nn2c1OCCC2. The molecule has 16 heavy (non-hydrogen) atoms. The van der Waals surface area contributed by atoms with E-state index in [1.165, 1.54) is 0 Å². The Morgan fingerprint density at radius 2 is 2.50 bits per heavy atom. The smallest absolute Gasteiger partial charge is 0.303 e. The molecule has 0 saturated carbocycles. The molecular formula is C10H13ClN2O3. The highest BCUT2D eigenvalue weighted by molar-refractivity contribution is 6.30. The van der Waals surface area contributed by atoms with Crippen LogP contribution in [-0.2, 0) is 11.3 Å². The molecular weight excluding hydrogens is 232 g/mol. The van der Waals surface area contributed by atoms with Gasteiger partial charge in [0.2, 0.25) is 5.88 Å². The third-order valence-corrected chi connectivity index (χ3v) is 2.90. The first-order valence-corrected chi connectivity index (χ1v) is 5.58. The van der Waals surface area contributed by atoms with Gasteiger partial charge in [0, 0.05) is 13.0 Å². The fourth-order valence-electron chi connectivity index (χ4n) is 1.90. The van der Waals surface area contributed by atoms with E-state index in [0.717, 1.165) is 13.0 Å². The van der Waals surface area contributed by atoms with Crippen molar-refractivity contribution in [2.75, 3.05) is 6.61 Å². The van der Waals surface area contributed by atoms with Gasteiger partial charge in [-0.15, -0.1) is 0 Å². The molecule has 0 amide bonds. The minimum atomic E-state index is -0.848. The molecule has 1 N–H and O–H groups in total. The molecule has 1 aliphatic heterocycles. The van der Waals surface area contributed by atoms with Crippen LogP contribution in [0.25, 0.3) is 0 Å². The summed E-state index contributed by atoms with van der Waals surface area (Å²) in [4.78, 5) is 10.7. The van der Waals surface area contributed by atoms with Gasteiger partial charge in [-0.25, -0.2) is 4.68 Å². The van der Waals surface area contributed by atoms with Crippen molar-refractivity contribution in [3.05, 3.63) is 10.7 Å². The maximum absolute atomic E-state index is 10.7. The molecule has 6 heteroatoms.